The third-order valence-electron chi connectivity index (χ3n) is 1.76. The zero-order chi connectivity index (χ0) is 9.61. The molecule has 0 saturated heterocycles. The Labute approximate surface area is 87.3 Å². The van der Waals surface area contributed by atoms with E-state index in [0.717, 1.165) is 11.7 Å². The van der Waals surface area contributed by atoms with Gasteiger partial charge in [-0.25, -0.2) is 0 Å². The van der Waals surface area contributed by atoms with Crippen molar-refractivity contribution in [1.29, 1.82) is 0 Å². The summed E-state index contributed by atoms with van der Waals surface area (Å²) < 4.78 is 0. The van der Waals surface area contributed by atoms with Crippen LogP contribution >= 0.6 is 24.4 Å². The van der Waals surface area contributed by atoms with Crippen LogP contribution < -0.4 is 0 Å². The average Bonchev–Trinajstić information content (AvgIpc) is 1.98. The van der Waals surface area contributed by atoms with E-state index in [-0.39, 0.29) is 0 Å². The fraction of sp³-hybridized carbons (Fsp3) is 1.00. The smallest absolute Gasteiger partial charge is 0.000829 e. The summed E-state index contributed by atoms with van der Waals surface area (Å²) in [5.41, 5.74) is 0.407. The number of thiol groups is 1. The van der Waals surface area contributed by atoms with Gasteiger partial charge in [-0.05, 0) is 35.0 Å². The lowest BCUT2D eigenvalue weighted by Gasteiger charge is -2.21. The first-order valence-corrected chi connectivity index (χ1v) is 6.45. The van der Waals surface area contributed by atoms with E-state index in [1.807, 2.05) is 0 Å². The predicted octanol–water partition coefficient (Wildman–Crippen LogP) is 3.72. The van der Waals surface area contributed by atoms with E-state index in [1.165, 1.54) is 17.9 Å². The molecule has 0 aromatic rings. The van der Waals surface area contributed by atoms with Gasteiger partial charge in [-0.15, -0.1) is 0 Å². The Balaban J connectivity index is 3.31. The van der Waals surface area contributed by atoms with Gasteiger partial charge >= 0.3 is 0 Å². The van der Waals surface area contributed by atoms with Gasteiger partial charge in [-0.2, -0.15) is 24.4 Å². The van der Waals surface area contributed by atoms with Gasteiger partial charge in [0.1, 0.15) is 0 Å². The third kappa shape index (κ3) is 7.35. The van der Waals surface area contributed by atoms with E-state index < -0.39 is 0 Å². The Morgan fingerprint density at radius 3 is 2.33 bits per heavy atom. The van der Waals surface area contributed by atoms with Gasteiger partial charge in [-0.3, -0.25) is 0 Å². The van der Waals surface area contributed by atoms with Crippen molar-refractivity contribution >= 4 is 24.4 Å². The minimum atomic E-state index is 0.407. The van der Waals surface area contributed by atoms with E-state index in [4.69, 9.17) is 0 Å². The Bertz CT molecular complexity index is 108. The Kier molecular flexibility index (Phi) is 6.56. The molecule has 0 unspecified atom stereocenters. The molecule has 0 heterocycles. The van der Waals surface area contributed by atoms with Gasteiger partial charge in [0.2, 0.25) is 0 Å². The van der Waals surface area contributed by atoms with Crippen molar-refractivity contribution in [2.75, 3.05) is 17.3 Å². The van der Waals surface area contributed by atoms with Crippen LogP contribution in [0.1, 0.15) is 34.1 Å². The maximum atomic E-state index is 4.33. The minimum Gasteiger partial charge on any atom is -0.179 e. The molecule has 2 heteroatoms. The second-order valence-electron chi connectivity index (χ2n) is 4.56. The average molecular weight is 206 g/mol. The molecular weight excluding hydrogens is 184 g/mol. The molecule has 0 spiro atoms. The van der Waals surface area contributed by atoms with Gasteiger partial charge in [0, 0.05) is 0 Å². The molecule has 0 aromatic heterocycles. The van der Waals surface area contributed by atoms with Crippen LogP contribution in [0, 0.1) is 11.3 Å². The molecule has 0 aliphatic rings. The maximum absolute atomic E-state index is 4.33. The topological polar surface area (TPSA) is 0 Å². The van der Waals surface area contributed by atoms with Gasteiger partial charge < -0.3 is 0 Å². The molecule has 74 valence electrons. The Morgan fingerprint density at radius 1 is 1.33 bits per heavy atom. The van der Waals surface area contributed by atoms with Crippen LogP contribution in [0.4, 0.5) is 0 Å². The lowest BCUT2D eigenvalue weighted by Crippen LogP contribution is -2.16. The van der Waals surface area contributed by atoms with E-state index in [1.54, 1.807) is 0 Å². The van der Waals surface area contributed by atoms with E-state index in [2.05, 4.69) is 52.1 Å². The van der Waals surface area contributed by atoms with E-state index in [0.29, 0.717) is 5.41 Å². The van der Waals surface area contributed by atoms with Crippen molar-refractivity contribution in [3.63, 3.8) is 0 Å². The van der Waals surface area contributed by atoms with Crippen LogP contribution in [0.15, 0.2) is 0 Å². The van der Waals surface area contributed by atoms with E-state index >= 15 is 0 Å². The molecule has 0 nitrogen and oxygen atoms in total. The fourth-order valence-corrected chi connectivity index (χ4v) is 2.41. The molecule has 0 rings (SSSR count). The van der Waals surface area contributed by atoms with Crippen molar-refractivity contribution in [2.45, 2.75) is 34.1 Å². The first-order chi connectivity index (χ1) is 5.48. The number of rotatable bonds is 6. The summed E-state index contributed by atoms with van der Waals surface area (Å²) in [5.74, 6) is 4.37. The predicted molar refractivity (Wildman–Crippen MR) is 64.4 cm³/mol. The van der Waals surface area contributed by atoms with Crippen molar-refractivity contribution in [1.82, 2.24) is 0 Å². The fourth-order valence-electron chi connectivity index (χ4n) is 0.713. The number of thioether (sulfide) groups is 1. The molecule has 12 heavy (non-hydrogen) atoms. The summed E-state index contributed by atoms with van der Waals surface area (Å²) in [4.78, 5) is 0. The first-order valence-electron chi connectivity index (χ1n) is 4.66. The van der Waals surface area contributed by atoms with Crippen molar-refractivity contribution in [2.24, 2.45) is 11.3 Å². The second-order valence-corrected chi connectivity index (χ2v) is 5.98. The lowest BCUT2D eigenvalue weighted by atomic mass is 10.0. The molecule has 0 aliphatic carbocycles. The van der Waals surface area contributed by atoms with Gasteiger partial charge in [0.25, 0.3) is 0 Å². The third-order valence-corrected chi connectivity index (χ3v) is 4.13. The maximum Gasteiger partial charge on any atom is -0.000829 e. The van der Waals surface area contributed by atoms with Gasteiger partial charge in [0.15, 0.2) is 0 Å². The largest absolute Gasteiger partial charge is 0.179 e. The highest BCUT2D eigenvalue weighted by Gasteiger charge is 2.14. The SMILES string of the molecule is CC(C)CCSCC(C)(C)CS. The summed E-state index contributed by atoms with van der Waals surface area (Å²) >= 11 is 6.39. The molecule has 0 aliphatic heterocycles. The van der Waals surface area contributed by atoms with Crippen molar-refractivity contribution in [3.8, 4) is 0 Å². The lowest BCUT2D eigenvalue weighted by molar-refractivity contribution is 0.493. The molecule has 0 radical (unpaired) electrons. The summed E-state index contributed by atoms with van der Waals surface area (Å²) in [6.45, 7) is 9.12. The van der Waals surface area contributed by atoms with Crippen molar-refractivity contribution in [3.05, 3.63) is 0 Å². The second kappa shape index (κ2) is 6.20. The number of hydrogen-bond acceptors (Lipinski definition) is 2. The summed E-state index contributed by atoms with van der Waals surface area (Å²) in [7, 11) is 0. The summed E-state index contributed by atoms with van der Waals surface area (Å²) in [6.07, 6.45) is 1.34. The zero-order valence-electron chi connectivity index (χ0n) is 8.76. The molecule has 0 saturated carbocycles. The van der Waals surface area contributed by atoms with E-state index in [9.17, 15) is 0 Å². The Morgan fingerprint density at radius 2 is 1.92 bits per heavy atom. The normalized spacial score (nSPS) is 12.5. The summed E-state index contributed by atoms with van der Waals surface area (Å²) in [6, 6.07) is 0. The molecule has 0 aromatic carbocycles. The standard InChI is InChI=1S/C10H22S2/c1-9(2)5-6-12-8-10(3,4)7-11/h9,11H,5-8H2,1-4H3. The van der Waals surface area contributed by atoms with Gasteiger partial charge in [-0.1, -0.05) is 27.7 Å². The van der Waals surface area contributed by atoms with Gasteiger partial charge in [0.05, 0.1) is 0 Å². The molecule has 0 atom stereocenters. The van der Waals surface area contributed by atoms with Crippen LogP contribution in [0.3, 0.4) is 0 Å². The molecule has 0 N–H and O–H groups in total. The highest BCUT2D eigenvalue weighted by molar-refractivity contribution is 7.99. The summed E-state index contributed by atoms with van der Waals surface area (Å²) in [5, 5.41) is 0. The van der Waals surface area contributed by atoms with Crippen LogP contribution in [-0.4, -0.2) is 17.3 Å². The van der Waals surface area contributed by atoms with Crippen molar-refractivity contribution < 1.29 is 0 Å². The minimum absolute atomic E-state index is 0.407. The molecule has 0 amide bonds. The van der Waals surface area contributed by atoms with Crippen LogP contribution in [-0.2, 0) is 0 Å². The molecule has 0 fully saturated rings. The monoisotopic (exact) mass is 206 g/mol. The van der Waals surface area contributed by atoms with Crippen LogP contribution in [0.2, 0.25) is 0 Å². The molecular formula is C10H22S2. The molecule has 0 bridgehead atoms. The Hall–Kier alpha value is 0.700. The highest BCUT2D eigenvalue weighted by atomic mass is 32.2. The zero-order valence-corrected chi connectivity index (χ0v) is 10.5. The number of hydrogen-bond donors (Lipinski definition) is 1. The van der Waals surface area contributed by atoms with Crippen LogP contribution in [0.5, 0.6) is 0 Å². The quantitative estimate of drug-likeness (QED) is 0.510. The highest BCUT2D eigenvalue weighted by Crippen LogP contribution is 2.23. The van der Waals surface area contributed by atoms with Crippen LogP contribution in [0.25, 0.3) is 0 Å². The first kappa shape index (κ1) is 12.7.